The van der Waals surface area contributed by atoms with Gasteiger partial charge in [-0.3, -0.25) is 0 Å². The van der Waals surface area contributed by atoms with Gasteiger partial charge in [-0.15, -0.1) is 0 Å². The Balaban J connectivity index is 1.96. The summed E-state index contributed by atoms with van der Waals surface area (Å²) in [6, 6.07) is 10.5. The van der Waals surface area contributed by atoms with Crippen LogP contribution >= 0.6 is 11.8 Å². The Morgan fingerprint density at radius 1 is 1.41 bits per heavy atom. The number of benzene rings is 1. The van der Waals surface area contributed by atoms with Crippen molar-refractivity contribution >= 4 is 23.1 Å². The number of anilines is 1. The highest BCUT2D eigenvalue weighted by atomic mass is 32.2. The average Bonchev–Trinajstić information content (AvgIpc) is 2.82. The van der Waals surface area contributed by atoms with Crippen LogP contribution in [0, 0.1) is 0 Å². The lowest BCUT2D eigenvalue weighted by Crippen LogP contribution is -2.12. The molecule has 1 aliphatic heterocycles. The topological polar surface area (TPSA) is 71.6 Å². The molecule has 1 aromatic carbocycles. The van der Waals surface area contributed by atoms with Crippen molar-refractivity contribution < 1.29 is 9.84 Å². The molecule has 0 fully saturated rings. The number of rotatable bonds is 3. The number of phenols is 1. The summed E-state index contributed by atoms with van der Waals surface area (Å²) in [5, 5.41) is 11.2. The molecule has 0 radical (unpaired) electrons. The fourth-order valence-corrected chi connectivity index (χ4v) is 3.00. The number of aromatic hydroxyl groups is 1. The lowest BCUT2D eigenvalue weighted by atomic mass is 10.1. The first-order chi connectivity index (χ1) is 10.6. The minimum atomic E-state index is 0.176. The summed E-state index contributed by atoms with van der Waals surface area (Å²) in [4.78, 5) is 6.28. The number of nitrogens with two attached hydrogens (primary N) is 1. The van der Waals surface area contributed by atoms with Gasteiger partial charge in [0.05, 0.1) is 23.5 Å². The zero-order valence-corrected chi connectivity index (χ0v) is 12.8. The lowest BCUT2D eigenvalue weighted by molar-refractivity contribution is 0.395. The second kappa shape index (κ2) is 5.65. The Labute approximate surface area is 132 Å². The third-order valence-electron chi connectivity index (χ3n) is 3.21. The van der Waals surface area contributed by atoms with E-state index >= 15 is 0 Å². The number of aromatic nitrogens is 1. The number of phenolic OH excluding ortho intramolecular Hbond substituents is 1. The molecule has 3 N–H and O–H groups in total. The second-order valence-corrected chi connectivity index (χ2v) is 5.74. The van der Waals surface area contributed by atoms with Crippen molar-refractivity contribution in [2.24, 2.45) is 5.73 Å². The van der Waals surface area contributed by atoms with Gasteiger partial charge in [-0.05, 0) is 30.0 Å². The Bertz CT molecular complexity index is 774. The van der Waals surface area contributed by atoms with Crippen LogP contribution < -0.4 is 15.4 Å². The van der Waals surface area contributed by atoms with Crippen LogP contribution in [0.5, 0.6) is 11.6 Å². The highest BCUT2D eigenvalue weighted by Crippen LogP contribution is 2.45. The van der Waals surface area contributed by atoms with Gasteiger partial charge in [0.25, 0.3) is 0 Å². The number of methoxy groups -OCH3 is 1. The summed E-state index contributed by atoms with van der Waals surface area (Å²) in [6.45, 7) is 4.03. The van der Waals surface area contributed by atoms with E-state index in [9.17, 15) is 5.11 Å². The van der Waals surface area contributed by atoms with E-state index in [0.717, 1.165) is 21.3 Å². The third kappa shape index (κ3) is 2.60. The predicted molar refractivity (Wildman–Crippen MR) is 88.5 cm³/mol. The molecule has 6 heteroatoms. The monoisotopic (exact) mass is 313 g/mol. The average molecular weight is 313 g/mol. The van der Waals surface area contributed by atoms with Crippen LogP contribution in [0.2, 0.25) is 0 Å². The van der Waals surface area contributed by atoms with E-state index in [2.05, 4.69) is 11.6 Å². The molecule has 3 rings (SSSR count). The molecule has 2 aromatic rings. The van der Waals surface area contributed by atoms with Crippen LogP contribution in [0.3, 0.4) is 0 Å². The van der Waals surface area contributed by atoms with Gasteiger partial charge >= 0.3 is 0 Å². The van der Waals surface area contributed by atoms with Crippen molar-refractivity contribution in [2.45, 2.75) is 5.03 Å². The van der Waals surface area contributed by atoms with E-state index in [-0.39, 0.29) is 5.75 Å². The Kier molecular flexibility index (Phi) is 3.68. The molecule has 0 atom stereocenters. The van der Waals surface area contributed by atoms with Crippen molar-refractivity contribution in [2.75, 3.05) is 12.0 Å². The molecular weight excluding hydrogens is 298 g/mol. The number of fused-ring (bicyclic) bond motifs is 1. The van der Waals surface area contributed by atoms with Gasteiger partial charge in [-0.1, -0.05) is 18.7 Å². The third-order valence-corrected chi connectivity index (χ3v) is 4.14. The number of nitrogens with zero attached hydrogens (tertiary/aromatic N) is 2. The molecule has 0 bridgehead atoms. The maximum absolute atomic E-state index is 9.55. The molecule has 0 unspecified atom stereocenters. The van der Waals surface area contributed by atoms with E-state index in [1.165, 1.54) is 11.8 Å². The Morgan fingerprint density at radius 3 is 2.95 bits per heavy atom. The minimum Gasteiger partial charge on any atom is -0.508 e. The van der Waals surface area contributed by atoms with E-state index in [1.807, 2.05) is 17.0 Å². The number of hydrogen-bond donors (Lipinski definition) is 2. The molecule has 0 saturated carbocycles. The van der Waals surface area contributed by atoms with Crippen molar-refractivity contribution in [1.82, 2.24) is 4.98 Å². The molecule has 112 valence electrons. The smallest absolute Gasteiger partial charge is 0.214 e. The zero-order chi connectivity index (χ0) is 15.7. The zero-order valence-electron chi connectivity index (χ0n) is 12.0. The van der Waals surface area contributed by atoms with Crippen LogP contribution in [0.4, 0.5) is 5.69 Å². The van der Waals surface area contributed by atoms with Crippen molar-refractivity contribution in [3.63, 3.8) is 0 Å². The molecular formula is C16H15N3O2S. The SMILES string of the molecule is C=C1Sc2nc(OC)ccc2N1/C=C(\N)c1cccc(O)c1. The number of hydrogen-bond acceptors (Lipinski definition) is 6. The van der Waals surface area contributed by atoms with Crippen LogP contribution in [-0.2, 0) is 0 Å². The summed E-state index contributed by atoms with van der Waals surface area (Å²) in [5.41, 5.74) is 8.31. The van der Waals surface area contributed by atoms with E-state index < -0.39 is 0 Å². The van der Waals surface area contributed by atoms with Crippen LogP contribution in [-0.4, -0.2) is 17.2 Å². The van der Waals surface area contributed by atoms with Gasteiger partial charge in [-0.25, -0.2) is 4.98 Å². The van der Waals surface area contributed by atoms with Crippen molar-refractivity contribution in [3.05, 3.63) is 59.8 Å². The second-order valence-electron chi connectivity index (χ2n) is 4.68. The number of thioether (sulfide) groups is 1. The normalized spacial score (nSPS) is 14.1. The van der Waals surface area contributed by atoms with Gasteiger partial charge < -0.3 is 20.5 Å². The summed E-state index contributed by atoms with van der Waals surface area (Å²) in [6.07, 6.45) is 1.78. The highest BCUT2D eigenvalue weighted by Gasteiger charge is 2.24. The number of ether oxygens (including phenoxy) is 1. The maximum Gasteiger partial charge on any atom is 0.214 e. The Hall–Kier alpha value is -2.60. The maximum atomic E-state index is 9.55. The van der Waals surface area contributed by atoms with Crippen LogP contribution in [0.1, 0.15) is 5.56 Å². The molecule has 0 spiro atoms. The fourth-order valence-electron chi connectivity index (χ4n) is 2.12. The van der Waals surface area contributed by atoms with Gasteiger partial charge in [-0.2, -0.15) is 0 Å². The summed E-state index contributed by atoms with van der Waals surface area (Å²) in [5.74, 6) is 0.737. The first-order valence-corrected chi connectivity index (χ1v) is 7.38. The molecule has 1 aromatic heterocycles. The van der Waals surface area contributed by atoms with Gasteiger partial charge in [0.15, 0.2) is 0 Å². The van der Waals surface area contributed by atoms with Crippen molar-refractivity contribution in [3.8, 4) is 11.6 Å². The summed E-state index contributed by atoms with van der Waals surface area (Å²) in [7, 11) is 1.58. The first kappa shape index (κ1) is 14.3. The quantitative estimate of drug-likeness (QED) is 0.907. The summed E-state index contributed by atoms with van der Waals surface area (Å²) >= 11 is 1.46. The minimum absolute atomic E-state index is 0.176. The Morgan fingerprint density at radius 2 is 2.23 bits per heavy atom. The molecule has 5 nitrogen and oxygen atoms in total. The lowest BCUT2D eigenvalue weighted by Gasteiger charge is -2.15. The number of pyridine rings is 1. The molecule has 22 heavy (non-hydrogen) atoms. The molecule has 0 saturated heterocycles. The highest BCUT2D eigenvalue weighted by molar-refractivity contribution is 8.03. The van der Waals surface area contributed by atoms with Crippen LogP contribution in [0.15, 0.2) is 59.2 Å². The van der Waals surface area contributed by atoms with Gasteiger partial charge in [0.2, 0.25) is 5.88 Å². The van der Waals surface area contributed by atoms with Crippen LogP contribution in [0.25, 0.3) is 5.70 Å². The van der Waals surface area contributed by atoms with E-state index in [1.54, 1.807) is 37.6 Å². The fraction of sp³-hybridized carbons (Fsp3) is 0.0625. The summed E-state index contributed by atoms with van der Waals surface area (Å²) < 4.78 is 5.13. The van der Waals surface area contributed by atoms with Gasteiger partial charge in [0.1, 0.15) is 10.8 Å². The predicted octanol–water partition coefficient (Wildman–Crippen LogP) is 3.14. The largest absolute Gasteiger partial charge is 0.508 e. The standard InChI is InChI=1S/C16H15N3O2S/c1-10-19(9-13(17)11-4-3-5-12(20)8-11)14-6-7-15(21-2)18-16(14)22-10/h3-9,20H,1,17H2,2H3/b13-9-. The van der Waals surface area contributed by atoms with E-state index in [0.29, 0.717) is 11.6 Å². The van der Waals surface area contributed by atoms with Gasteiger partial charge in [0, 0.05) is 17.8 Å². The molecule has 2 heterocycles. The van der Waals surface area contributed by atoms with Crippen molar-refractivity contribution in [1.29, 1.82) is 0 Å². The van der Waals surface area contributed by atoms with E-state index in [4.69, 9.17) is 10.5 Å². The molecule has 1 aliphatic rings. The molecule has 0 amide bonds. The molecule has 0 aliphatic carbocycles. The first-order valence-electron chi connectivity index (χ1n) is 6.56.